The quantitative estimate of drug-likeness (QED) is 0.780. The van der Waals surface area contributed by atoms with Gasteiger partial charge in [-0.15, -0.1) is 0 Å². The molecule has 0 bridgehead atoms. The zero-order valence-electron chi connectivity index (χ0n) is 16.4. The van der Waals surface area contributed by atoms with E-state index in [-0.39, 0.29) is 5.91 Å². The lowest BCUT2D eigenvalue weighted by Gasteiger charge is -2.32. The van der Waals surface area contributed by atoms with E-state index in [1.54, 1.807) is 26.2 Å². The van der Waals surface area contributed by atoms with Gasteiger partial charge in [-0.05, 0) is 47.9 Å². The van der Waals surface area contributed by atoms with Crippen LogP contribution in [0.4, 0.5) is 0 Å². The van der Waals surface area contributed by atoms with Crippen molar-refractivity contribution in [2.45, 2.75) is 19.4 Å². The fraction of sp³-hybridized carbons (Fsp3) is 0.381. The van der Waals surface area contributed by atoms with E-state index < -0.39 is 5.92 Å². The summed E-state index contributed by atoms with van der Waals surface area (Å²) in [5.41, 5.74) is 2.84. The topological polar surface area (TPSA) is 57.2 Å². The first-order chi connectivity index (χ1) is 13.0. The predicted molar refractivity (Wildman–Crippen MR) is 102 cm³/mol. The summed E-state index contributed by atoms with van der Waals surface area (Å²) >= 11 is 0. The molecule has 1 unspecified atom stereocenters. The summed E-state index contributed by atoms with van der Waals surface area (Å²) in [4.78, 5) is 14.8. The van der Waals surface area contributed by atoms with Crippen molar-refractivity contribution in [2.75, 3.05) is 35.0 Å². The van der Waals surface area contributed by atoms with Crippen molar-refractivity contribution in [2.24, 2.45) is 0 Å². The van der Waals surface area contributed by atoms with E-state index in [0.717, 1.165) is 22.4 Å². The maximum atomic E-state index is 13.0. The molecule has 3 rings (SSSR count). The normalized spacial score (nSPS) is 16.0. The van der Waals surface area contributed by atoms with Crippen molar-refractivity contribution in [3.8, 4) is 23.0 Å². The molecule has 1 aliphatic rings. The molecule has 1 heterocycles. The first kappa shape index (κ1) is 18.9. The van der Waals surface area contributed by atoms with Gasteiger partial charge in [0.2, 0.25) is 11.7 Å². The fourth-order valence-corrected chi connectivity index (χ4v) is 3.53. The van der Waals surface area contributed by atoms with Crippen LogP contribution in [0.2, 0.25) is 0 Å². The van der Waals surface area contributed by atoms with Crippen LogP contribution in [0.15, 0.2) is 30.3 Å². The molecule has 27 heavy (non-hydrogen) atoms. The third-order valence-electron chi connectivity index (χ3n) is 4.79. The highest BCUT2D eigenvalue weighted by atomic mass is 16.5. The van der Waals surface area contributed by atoms with Crippen LogP contribution >= 0.6 is 0 Å². The molecule has 144 valence electrons. The van der Waals surface area contributed by atoms with Gasteiger partial charge in [0.1, 0.15) is 5.75 Å². The van der Waals surface area contributed by atoms with Gasteiger partial charge >= 0.3 is 0 Å². The van der Waals surface area contributed by atoms with Crippen LogP contribution in [0.3, 0.4) is 0 Å². The highest BCUT2D eigenvalue weighted by Gasteiger charge is 2.34. The lowest BCUT2D eigenvalue weighted by atomic mass is 9.83. The van der Waals surface area contributed by atoms with E-state index in [0.29, 0.717) is 30.4 Å². The Morgan fingerprint density at radius 3 is 2.26 bits per heavy atom. The van der Waals surface area contributed by atoms with Gasteiger partial charge in [-0.2, -0.15) is 0 Å². The predicted octanol–water partition coefficient (Wildman–Crippen LogP) is 3.22. The fourth-order valence-electron chi connectivity index (χ4n) is 3.53. The van der Waals surface area contributed by atoms with Crippen LogP contribution in [-0.4, -0.2) is 45.8 Å². The van der Waals surface area contributed by atoms with E-state index in [4.69, 9.17) is 18.9 Å². The van der Waals surface area contributed by atoms with E-state index in [2.05, 4.69) is 0 Å². The Bertz CT molecular complexity index is 823. The molecule has 0 radical (unpaired) electrons. The summed E-state index contributed by atoms with van der Waals surface area (Å²) in [5.74, 6) is 1.96. The number of nitrogens with zero attached hydrogens (tertiary/aromatic N) is 1. The summed E-state index contributed by atoms with van der Waals surface area (Å²) in [6.45, 7) is 3.10. The summed E-state index contributed by atoms with van der Waals surface area (Å²) in [6.07, 6.45) is 0. The van der Waals surface area contributed by atoms with Gasteiger partial charge in [0, 0.05) is 13.6 Å². The van der Waals surface area contributed by atoms with Crippen LogP contribution in [-0.2, 0) is 11.3 Å². The van der Waals surface area contributed by atoms with E-state index >= 15 is 0 Å². The Hall–Kier alpha value is -2.89. The van der Waals surface area contributed by atoms with E-state index in [9.17, 15) is 4.79 Å². The average Bonchev–Trinajstić information content (AvgIpc) is 2.68. The standard InChI is InChI=1S/C21H25NO5/c1-6-27-15-7-8-16-14(9-15)12-22(2)21(23)19(16)13-10-17(24-3)20(26-5)18(11-13)25-4/h7-11,19H,6,12H2,1-5H3. The molecule has 0 N–H and O–H groups in total. The van der Waals surface area contributed by atoms with Gasteiger partial charge in [-0.1, -0.05) is 6.07 Å². The molecule has 1 atom stereocenters. The Kier molecular flexibility index (Phi) is 5.44. The molecule has 1 aliphatic heterocycles. The number of carbonyl (C=O) groups is 1. The number of hydrogen-bond donors (Lipinski definition) is 0. The SMILES string of the molecule is CCOc1ccc2c(c1)CN(C)C(=O)C2c1cc(OC)c(OC)c(OC)c1. The van der Waals surface area contributed by atoms with Gasteiger partial charge in [0.25, 0.3) is 0 Å². The van der Waals surface area contributed by atoms with Crippen molar-refractivity contribution in [3.05, 3.63) is 47.0 Å². The smallest absolute Gasteiger partial charge is 0.234 e. The number of rotatable bonds is 6. The average molecular weight is 371 g/mol. The maximum Gasteiger partial charge on any atom is 0.234 e. The van der Waals surface area contributed by atoms with Crippen molar-refractivity contribution >= 4 is 5.91 Å². The number of hydrogen-bond acceptors (Lipinski definition) is 5. The van der Waals surface area contributed by atoms with Crippen LogP contribution < -0.4 is 18.9 Å². The van der Waals surface area contributed by atoms with Gasteiger partial charge in [0.15, 0.2) is 11.5 Å². The van der Waals surface area contributed by atoms with Crippen molar-refractivity contribution in [1.29, 1.82) is 0 Å². The maximum absolute atomic E-state index is 13.0. The lowest BCUT2D eigenvalue weighted by molar-refractivity contribution is -0.131. The van der Waals surface area contributed by atoms with Crippen LogP contribution in [0.5, 0.6) is 23.0 Å². The molecular formula is C21H25NO5. The van der Waals surface area contributed by atoms with Gasteiger partial charge in [-0.3, -0.25) is 4.79 Å². The minimum absolute atomic E-state index is 0.0286. The zero-order valence-corrected chi connectivity index (χ0v) is 16.4. The van der Waals surface area contributed by atoms with Crippen molar-refractivity contribution in [1.82, 2.24) is 4.90 Å². The molecule has 6 nitrogen and oxygen atoms in total. The zero-order chi connectivity index (χ0) is 19.6. The molecule has 0 fully saturated rings. The third-order valence-corrected chi connectivity index (χ3v) is 4.79. The number of ether oxygens (including phenoxy) is 4. The monoisotopic (exact) mass is 371 g/mol. The van der Waals surface area contributed by atoms with E-state index in [1.807, 2.05) is 44.3 Å². The Labute approximate surface area is 159 Å². The van der Waals surface area contributed by atoms with Gasteiger partial charge < -0.3 is 23.8 Å². The number of carbonyl (C=O) groups excluding carboxylic acids is 1. The third kappa shape index (κ3) is 3.39. The number of methoxy groups -OCH3 is 3. The molecule has 1 amide bonds. The van der Waals surface area contributed by atoms with Gasteiger partial charge in [-0.25, -0.2) is 0 Å². The molecule has 0 saturated heterocycles. The second-order valence-electron chi connectivity index (χ2n) is 6.38. The number of amides is 1. The van der Waals surface area contributed by atoms with Crippen LogP contribution in [0.25, 0.3) is 0 Å². The molecule has 2 aromatic carbocycles. The van der Waals surface area contributed by atoms with E-state index in [1.165, 1.54) is 0 Å². The Morgan fingerprint density at radius 1 is 1.04 bits per heavy atom. The summed E-state index contributed by atoms with van der Waals surface area (Å²) in [6, 6.07) is 9.56. The molecular weight excluding hydrogens is 346 g/mol. The second-order valence-corrected chi connectivity index (χ2v) is 6.38. The Balaban J connectivity index is 2.15. The van der Waals surface area contributed by atoms with Gasteiger partial charge in [0.05, 0.1) is 33.9 Å². The van der Waals surface area contributed by atoms with Crippen LogP contribution in [0.1, 0.15) is 29.5 Å². The highest BCUT2D eigenvalue weighted by Crippen LogP contribution is 2.43. The number of benzene rings is 2. The van der Waals surface area contributed by atoms with Crippen LogP contribution in [0, 0.1) is 0 Å². The first-order valence-electron chi connectivity index (χ1n) is 8.84. The molecule has 0 spiro atoms. The summed E-state index contributed by atoms with van der Waals surface area (Å²) < 4.78 is 21.9. The highest BCUT2D eigenvalue weighted by molar-refractivity contribution is 5.89. The number of fused-ring (bicyclic) bond motifs is 1. The molecule has 0 aliphatic carbocycles. The molecule has 6 heteroatoms. The Morgan fingerprint density at radius 2 is 1.70 bits per heavy atom. The minimum atomic E-state index is -0.442. The molecule has 2 aromatic rings. The second kappa shape index (κ2) is 7.78. The summed E-state index contributed by atoms with van der Waals surface area (Å²) in [7, 11) is 6.50. The summed E-state index contributed by atoms with van der Waals surface area (Å²) in [5, 5.41) is 0. The minimum Gasteiger partial charge on any atom is -0.494 e. The lowest BCUT2D eigenvalue weighted by Crippen LogP contribution is -2.37. The largest absolute Gasteiger partial charge is 0.494 e. The first-order valence-corrected chi connectivity index (χ1v) is 8.84. The number of likely N-dealkylation sites (N-methyl/N-ethyl adjacent to an activating group) is 1. The molecule has 0 aromatic heterocycles. The molecule has 0 saturated carbocycles. The van der Waals surface area contributed by atoms with Crippen molar-refractivity contribution in [3.63, 3.8) is 0 Å². The van der Waals surface area contributed by atoms with Crippen molar-refractivity contribution < 1.29 is 23.7 Å².